The Hall–Kier alpha value is -0.617. The summed E-state index contributed by atoms with van der Waals surface area (Å²) in [5.74, 6) is 0.644. The van der Waals surface area contributed by atoms with Gasteiger partial charge in [-0.05, 0) is 0 Å². The topological polar surface area (TPSA) is 0 Å². The zero-order chi connectivity index (χ0) is 24.3. The van der Waals surface area contributed by atoms with Crippen molar-refractivity contribution in [2.75, 3.05) is 0 Å². The first-order chi connectivity index (χ1) is 15.2. The average Bonchev–Trinajstić information content (AvgIpc) is 3.27. The van der Waals surface area contributed by atoms with E-state index in [0.29, 0.717) is 5.92 Å². The largest absolute Gasteiger partial charge is 1.00 e. The fourth-order valence-corrected chi connectivity index (χ4v) is 10.0. The summed E-state index contributed by atoms with van der Waals surface area (Å²) in [5.41, 5.74) is 11.4. The molecule has 35 heavy (non-hydrogen) atoms. The predicted molar refractivity (Wildman–Crippen MR) is 141 cm³/mol. The summed E-state index contributed by atoms with van der Waals surface area (Å²) in [6, 6.07) is 12.1. The molecule has 1 atom stereocenters. The van der Waals surface area contributed by atoms with Crippen LogP contribution in [-0.2, 0) is 40.5 Å². The van der Waals surface area contributed by atoms with Crippen LogP contribution in [0.3, 0.4) is 0 Å². The monoisotopic (exact) mass is 586 g/mol. The van der Waals surface area contributed by atoms with Gasteiger partial charge in [0.2, 0.25) is 0 Å². The third kappa shape index (κ3) is 6.11. The fourth-order valence-electron chi connectivity index (χ4n) is 5.22. The molecule has 0 nitrogen and oxygen atoms in total. The molecule has 2 aliphatic rings. The van der Waals surface area contributed by atoms with E-state index in [0.717, 1.165) is 6.42 Å². The Morgan fingerprint density at radius 1 is 0.800 bits per heavy atom. The van der Waals surface area contributed by atoms with E-state index < -0.39 is 23.2 Å². The van der Waals surface area contributed by atoms with Crippen LogP contribution in [0.1, 0.15) is 97.9 Å². The summed E-state index contributed by atoms with van der Waals surface area (Å²) in [6.45, 7) is 23.6. The van der Waals surface area contributed by atoms with Gasteiger partial charge in [0, 0.05) is 0 Å². The van der Waals surface area contributed by atoms with Crippen molar-refractivity contribution in [3.05, 3.63) is 73.6 Å². The first-order valence-electron chi connectivity index (χ1n) is 12.7. The van der Waals surface area contributed by atoms with Crippen molar-refractivity contribution >= 4 is 3.27 Å². The molecule has 0 amide bonds. The molecule has 4 rings (SSSR count). The average molecular weight is 589 g/mol. The van der Waals surface area contributed by atoms with Gasteiger partial charge in [0.1, 0.15) is 0 Å². The van der Waals surface area contributed by atoms with Crippen LogP contribution in [0.15, 0.2) is 51.3 Å². The number of benzene rings is 2. The van der Waals surface area contributed by atoms with Gasteiger partial charge in [-0.1, -0.05) is 0 Å². The predicted octanol–water partition coefficient (Wildman–Crippen LogP) is 2.46. The van der Waals surface area contributed by atoms with Gasteiger partial charge < -0.3 is 24.8 Å². The number of allylic oxidation sites excluding steroid dienone is 4. The molecule has 0 aliphatic heterocycles. The van der Waals surface area contributed by atoms with Gasteiger partial charge in [-0.25, -0.2) is 0 Å². The summed E-state index contributed by atoms with van der Waals surface area (Å²) in [6.07, 6.45) is 7.52. The van der Waals surface area contributed by atoms with E-state index in [4.69, 9.17) is 0 Å². The van der Waals surface area contributed by atoms with E-state index in [2.05, 4.69) is 112 Å². The fraction of sp³-hybridized carbons (Fsp3) is 0.500. The van der Waals surface area contributed by atoms with Gasteiger partial charge in [0.25, 0.3) is 0 Å². The van der Waals surface area contributed by atoms with Crippen molar-refractivity contribution in [1.82, 2.24) is 0 Å². The van der Waals surface area contributed by atoms with Crippen LogP contribution in [0.25, 0.3) is 11.1 Å². The van der Waals surface area contributed by atoms with E-state index in [9.17, 15) is 0 Å². The molecule has 2 aromatic carbocycles. The summed E-state index contributed by atoms with van der Waals surface area (Å²) in [4.78, 5) is 0. The maximum atomic E-state index is 2.60. The SMILES string of the molecule is CCC1C=C(C(C)(C)C)C=[C]1[Zr+2][c]1c(C(C)(C)C)ccc2c1Cc1cc(C(C)(C)C)ccc1-2.[Cl-].[Cl-]. The number of hydrogen-bond donors (Lipinski definition) is 0. The van der Waals surface area contributed by atoms with Crippen LogP contribution in [0.2, 0.25) is 0 Å². The molecule has 0 aromatic heterocycles. The molecule has 0 bridgehead atoms. The number of rotatable bonds is 3. The van der Waals surface area contributed by atoms with Gasteiger partial charge in [-0.3, -0.25) is 0 Å². The van der Waals surface area contributed by atoms with Crippen molar-refractivity contribution in [2.24, 2.45) is 11.3 Å². The quantitative estimate of drug-likeness (QED) is 0.441. The molecule has 2 aliphatic carbocycles. The van der Waals surface area contributed by atoms with Gasteiger partial charge in [-0.15, -0.1) is 0 Å². The van der Waals surface area contributed by atoms with Crippen LogP contribution >= 0.6 is 0 Å². The van der Waals surface area contributed by atoms with E-state index >= 15 is 0 Å². The molecule has 3 heteroatoms. The smallest absolute Gasteiger partial charge is 1.00 e. The van der Waals surface area contributed by atoms with Crippen LogP contribution in [-0.4, -0.2) is 0 Å². The number of halogens is 2. The molecule has 1 unspecified atom stereocenters. The molecule has 0 saturated carbocycles. The maximum absolute atomic E-state index is 2.60. The molecule has 0 fully saturated rings. The van der Waals surface area contributed by atoms with Crippen LogP contribution in [0.5, 0.6) is 0 Å². The Labute approximate surface area is 238 Å². The van der Waals surface area contributed by atoms with Gasteiger partial charge in [-0.2, -0.15) is 0 Å². The van der Waals surface area contributed by atoms with E-state index in [1.54, 1.807) is 23.3 Å². The summed E-state index contributed by atoms with van der Waals surface area (Å²) < 4.78 is 3.53. The zero-order valence-corrected chi connectivity index (χ0v) is 27.3. The zero-order valence-electron chi connectivity index (χ0n) is 23.3. The third-order valence-corrected chi connectivity index (χ3v) is 11.4. The van der Waals surface area contributed by atoms with Crippen molar-refractivity contribution in [2.45, 2.75) is 92.9 Å². The molecule has 0 saturated heterocycles. The van der Waals surface area contributed by atoms with Crippen LogP contribution in [0.4, 0.5) is 0 Å². The van der Waals surface area contributed by atoms with Gasteiger partial charge in [0.15, 0.2) is 0 Å². The molecule has 2 aromatic rings. The molecule has 0 radical (unpaired) electrons. The van der Waals surface area contributed by atoms with E-state index in [1.807, 2.05) is 0 Å². The Bertz CT molecular complexity index is 1150. The molecule has 0 N–H and O–H groups in total. The molecular weight excluding hydrogens is 546 g/mol. The first kappa shape index (κ1) is 30.6. The van der Waals surface area contributed by atoms with E-state index in [1.165, 1.54) is 28.7 Å². The number of fused-ring (bicyclic) bond motifs is 3. The first-order valence-corrected chi connectivity index (χ1v) is 15.2. The minimum absolute atomic E-state index is 0. The maximum Gasteiger partial charge on any atom is -1.00 e. The standard InChI is InChI=1S/C21H25.C11H17.2ClH.Zr/c1-20(2,3)16-7-9-18-14(12-16)11-15-13-17(21(4,5)6)8-10-19(15)18;1-5-9-6-7-10(8-9)11(2,3)4;;;/h7-10,12H,11H2,1-6H3;7-9H,5H2,1-4H3;2*1H;/q;;;;+2/p-2. The van der Waals surface area contributed by atoms with Crippen molar-refractivity contribution in [1.29, 1.82) is 0 Å². The number of hydrogen-bond acceptors (Lipinski definition) is 0. The molecular formula is C32H42Cl2Zr. The summed E-state index contributed by atoms with van der Waals surface area (Å²) >= 11 is -0.921. The van der Waals surface area contributed by atoms with Crippen molar-refractivity contribution in [3.63, 3.8) is 0 Å². The molecule has 188 valence electrons. The van der Waals surface area contributed by atoms with Gasteiger partial charge >= 0.3 is 215 Å². The van der Waals surface area contributed by atoms with Crippen molar-refractivity contribution in [3.8, 4) is 11.1 Å². The minimum Gasteiger partial charge on any atom is -1.00 e. The Kier molecular flexibility index (Phi) is 9.30. The van der Waals surface area contributed by atoms with E-state index in [-0.39, 0.29) is 41.1 Å². The summed E-state index contributed by atoms with van der Waals surface area (Å²) in [5, 5.41) is 0. The normalized spacial score (nSPS) is 16.9. The molecule has 0 heterocycles. The Balaban J connectivity index is 0.00000216. The Morgan fingerprint density at radius 3 is 1.97 bits per heavy atom. The van der Waals surface area contributed by atoms with Gasteiger partial charge in [0.05, 0.1) is 0 Å². The second-order valence-electron chi connectivity index (χ2n) is 13.2. The van der Waals surface area contributed by atoms with Crippen LogP contribution in [0, 0.1) is 11.3 Å². The second kappa shape index (κ2) is 10.6. The minimum atomic E-state index is -0.921. The summed E-state index contributed by atoms with van der Waals surface area (Å²) in [7, 11) is 0. The van der Waals surface area contributed by atoms with Crippen molar-refractivity contribution < 1.29 is 48.0 Å². The third-order valence-electron chi connectivity index (χ3n) is 7.42. The second-order valence-corrected chi connectivity index (χ2v) is 16.4. The molecule has 0 spiro atoms. The van der Waals surface area contributed by atoms with Crippen LogP contribution < -0.4 is 28.1 Å². The Morgan fingerprint density at radius 2 is 1.43 bits per heavy atom.